The summed E-state index contributed by atoms with van der Waals surface area (Å²) in [6.07, 6.45) is 1.59. The molecule has 1 aliphatic rings. The van der Waals surface area contributed by atoms with E-state index in [1.807, 2.05) is 20.8 Å². The Bertz CT molecular complexity index is 359. The summed E-state index contributed by atoms with van der Waals surface area (Å²) in [4.78, 5) is 0. The second-order valence-electron chi connectivity index (χ2n) is 7.51. The van der Waals surface area contributed by atoms with Gasteiger partial charge in [-0.1, -0.05) is 27.7 Å². The monoisotopic (exact) mass is 270 g/mol. The van der Waals surface area contributed by atoms with Crippen molar-refractivity contribution in [2.24, 2.45) is 11.3 Å². The number of hydrogen-bond donors (Lipinski definition) is 2. The van der Waals surface area contributed by atoms with Gasteiger partial charge in [-0.15, -0.1) is 0 Å². The van der Waals surface area contributed by atoms with E-state index in [4.69, 9.17) is 4.74 Å². The third-order valence-electron chi connectivity index (χ3n) is 4.14. The summed E-state index contributed by atoms with van der Waals surface area (Å²) in [5.41, 5.74) is -0.311. The molecule has 112 valence electrons. The van der Waals surface area contributed by atoms with E-state index in [-0.39, 0.29) is 11.3 Å². The first kappa shape index (κ1) is 16.5. The SMILES string of the molecule is CCC(=C(O)C(C)(C)OCC1CC1(C)O)C(C)(C)C. The van der Waals surface area contributed by atoms with Gasteiger partial charge in [-0.2, -0.15) is 0 Å². The lowest BCUT2D eigenvalue weighted by molar-refractivity contribution is -0.0339. The van der Waals surface area contributed by atoms with Crippen molar-refractivity contribution in [1.29, 1.82) is 0 Å². The molecule has 0 aromatic carbocycles. The van der Waals surface area contributed by atoms with E-state index >= 15 is 0 Å². The second kappa shape index (κ2) is 5.10. The van der Waals surface area contributed by atoms with Crippen LogP contribution in [0.5, 0.6) is 0 Å². The lowest BCUT2D eigenvalue weighted by Gasteiger charge is -2.32. The smallest absolute Gasteiger partial charge is 0.123 e. The molecule has 0 bridgehead atoms. The minimum atomic E-state index is -0.697. The molecule has 0 aromatic heterocycles. The number of ether oxygens (including phenoxy) is 1. The first-order valence-corrected chi connectivity index (χ1v) is 7.21. The van der Waals surface area contributed by atoms with Crippen molar-refractivity contribution in [2.45, 2.75) is 72.5 Å². The molecule has 3 heteroatoms. The third-order valence-corrected chi connectivity index (χ3v) is 4.14. The van der Waals surface area contributed by atoms with Crippen molar-refractivity contribution in [3.63, 3.8) is 0 Å². The summed E-state index contributed by atoms with van der Waals surface area (Å²) in [6.45, 7) is 14.5. The maximum Gasteiger partial charge on any atom is 0.123 e. The lowest BCUT2D eigenvalue weighted by atomic mass is 9.81. The van der Waals surface area contributed by atoms with E-state index < -0.39 is 11.2 Å². The molecule has 1 saturated carbocycles. The van der Waals surface area contributed by atoms with E-state index in [0.29, 0.717) is 12.4 Å². The van der Waals surface area contributed by atoms with Gasteiger partial charge in [0.15, 0.2) is 0 Å². The van der Waals surface area contributed by atoms with Crippen LogP contribution in [-0.4, -0.2) is 28.0 Å². The van der Waals surface area contributed by atoms with Gasteiger partial charge in [0.2, 0.25) is 0 Å². The van der Waals surface area contributed by atoms with Crippen LogP contribution in [0.3, 0.4) is 0 Å². The Morgan fingerprint density at radius 1 is 1.26 bits per heavy atom. The van der Waals surface area contributed by atoms with Crippen LogP contribution < -0.4 is 0 Å². The molecular weight excluding hydrogens is 240 g/mol. The standard InChI is InChI=1S/C16H30O3/c1-8-12(14(2,3)4)13(17)15(5,6)19-10-11-9-16(11,7)18/h11,17-18H,8-10H2,1-7H3. The van der Waals surface area contributed by atoms with Crippen LogP contribution in [0.1, 0.15) is 61.3 Å². The topological polar surface area (TPSA) is 49.7 Å². The third kappa shape index (κ3) is 3.96. The first-order chi connectivity index (χ1) is 8.42. The van der Waals surface area contributed by atoms with Crippen molar-refractivity contribution >= 4 is 0 Å². The molecule has 0 radical (unpaired) electrons. The molecule has 1 fully saturated rings. The highest BCUT2D eigenvalue weighted by molar-refractivity contribution is 5.21. The normalized spacial score (nSPS) is 29.2. The zero-order chi connectivity index (χ0) is 15.1. The molecule has 1 aliphatic carbocycles. The first-order valence-electron chi connectivity index (χ1n) is 7.21. The molecule has 19 heavy (non-hydrogen) atoms. The highest BCUT2D eigenvalue weighted by Gasteiger charge is 2.49. The van der Waals surface area contributed by atoms with Crippen molar-refractivity contribution < 1.29 is 14.9 Å². The summed E-state index contributed by atoms with van der Waals surface area (Å²) >= 11 is 0. The zero-order valence-electron chi connectivity index (χ0n) is 13.5. The summed E-state index contributed by atoms with van der Waals surface area (Å²) in [5, 5.41) is 20.3. The number of rotatable bonds is 5. The van der Waals surface area contributed by atoms with Crippen molar-refractivity contribution in [2.75, 3.05) is 6.61 Å². The minimum absolute atomic E-state index is 0.0649. The average molecular weight is 270 g/mol. The molecule has 2 atom stereocenters. The van der Waals surface area contributed by atoms with E-state index in [1.165, 1.54) is 0 Å². The largest absolute Gasteiger partial charge is 0.509 e. The summed E-state index contributed by atoms with van der Waals surface area (Å²) < 4.78 is 5.86. The van der Waals surface area contributed by atoms with Crippen LogP contribution >= 0.6 is 0 Å². The Morgan fingerprint density at radius 2 is 1.74 bits per heavy atom. The van der Waals surface area contributed by atoms with Gasteiger partial charge in [-0.05, 0) is 44.6 Å². The highest BCUT2D eigenvalue weighted by Crippen LogP contribution is 2.44. The number of allylic oxidation sites excluding steroid dienone is 1. The maximum absolute atomic E-state index is 10.5. The zero-order valence-corrected chi connectivity index (χ0v) is 13.5. The minimum Gasteiger partial charge on any atom is -0.509 e. The van der Waals surface area contributed by atoms with Gasteiger partial charge >= 0.3 is 0 Å². The molecule has 0 amide bonds. The highest BCUT2D eigenvalue weighted by atomic mass is 16.5. The number of aliphatic hydroxyl groups excluding tert-OH is 1. The Labute approximate surface area is 117 Å². The van der Waals surface area contributed by atoms with E-state index in [1.54, 1.807) is 0 Å². The van der Waals surface area contributed by atoms with Gasteiger partial charge in [0.05, 0.1) is 12.2 Å². The Balaban J connectivity index is 2.77. The summed E-state index contributed by atoms with van der Waals surface area (Å²) in [5.74, 6) is 0.530. The molecule has 1 rings (SSSR count). The summed E-state index contributed by atoms with van der Waals surface area (Å²) in [7, 11) is 0. The lowest BCUT2D eigenvalue weighted by Crippen LogP contribution is -2.32. The Morgan fingerprint density at radius 3 is 2.05 bits per heavy atom. The van der Waals surface area contributed by atoms with Gasteiger partial charge in [-0.25, -0.2) is 0 Å². The van der Waals surface area contributed by atoms with Crippen LogP contribution in [0, 0.1) is 11.3 Å². The van der Waals surface area contributed by atoms with Crippen molar-refractivity contribution in [3.8, 4) is 0 Å². The van der Waals surface area contributed by atoms with Crippen LogP contribution in [-0.2, 0) is 4.74 Å². The molecule has 0 aliphatic heterocycles. The van der Waals surface area contributed by atoms with Crippen molar-refractivity contribution in [1.82, 2.24) is 0 Å². The van der Waals surface area contributed by atoms with E-state index in [0.717, 1.165) is 18.4 Å². The van der Waals surface area contributed by atoms with Gasteiger partial charge in [0.1, 0.15) is 11.4 Å². The quantitative estimate of drug-likeness (QED) is 0.747. The van der Waals surface area contributed by atoms with E-state index in [2.05, 4.69) is 27.7 Å². The van der Waals surface area contributed by atoms with Crippen LogP contribution in [0.2, 0.25) is 0 Å². The van der Waals surface area contributed by atoms with Crippen LogP contribution in [0.15, 0.2) is 11.3 Å². The average Bonchev–Trinajstić information content (AvgIpc) is 2.82. The fourth-order valence-corrected chi connectivity index (χ4v) is 2.47. The van der Waals surface area contributed by atoms with Crippen LogP contribution in [0.25, 0.3) is 0 Å². The fraction of sp³-hybridized carbons (Fsp3) is 0.875. The van der Waals surface area contributed by atoms with E-state index in [9.17, 15) is 10.2 Å². The van der Waals surface area contributed by atoms with Gasteiger partial charge in [0, 0.05) is 5.92 Å². The molecule has 0 saturated heterocycles. The number of aliphatic hydroxyl groups is 2. The molecular formula is C16H30O3. The molecule has 0 heterocycles. The molecule has 2 unspecified atom stereocenters. The molecule has 0 aromatic rings. The van der Waals surface area contributed by atoms with Gasteiger partial charge in [0.25, 0.3) is 0 Å². The molecule has 0 spiro atoms. The molecule has 2 N–H and O–H groups in total. The second-order valence-corrected chi connectivity index (χ2v) is 7.51. The molecule has 3 nitrogen and oxygen atoms in total. The van der Waals surface area contributed by atoms with Crippen LogP contribution in [0.4, 0.5) is 0 Å². The Hall–Kier alpha value is -0.540. The van der Waals surface area contributed by atoms with Crippen molar-refractivity contribution in [3.05, 3.63) is 11.3 Å². The Kier molecular flexibility index (Phi) is 4.43. The maximum atomic E-state index is 10.5. The predicted octanol–water partition coefficient (Wildman–Crippen LogP) is 3.82. The predicted molar refractivity (Wildman–Crippen MR) is 78.2 cm³/mol. The summed E-state index contributed by atoms with van der Waals surface area (Å²) in [6, 6.07) is 0. The fourth-order valence-electron chi connectivity index (χ4n) is 2.47. The van der Waals surface area contributed by atoms with Gasteiger partial charge in [-0.3, -0.25) is 0 Å². The number of hydrogen-bond acceptors (Lipinski definition) is 3. The van der Waals surface area contributed by atoms with Gasteiger partial charge < -0.3 is 14.9 Å².